The summed E-state index contributed by atoms with van der Waals surface area (Å²) in [7, 11) is 0. The van der Waals surface area contributed by atoms with Gasteiger partial charge in [0.15, 0.2) is 0 Å². The van der Waals surface area contributed by atoms with E-state index >= 15 is 0 Å². The summed E-state index contributed by atoms with van der Waals surface area (Å²) in [5.74, 6) is -0.155. The molecule has 2 aromatic rings. The van der Waals surface area contributed by atoms with Crippen molar-refractivity contribution >= 4 is 29.1 Å². The minimum absolute atomic E-state index is 0.0280. The zero-order valence-electron chi connectivity index (χ0n) is 14.5. The van der Waals surface area contributed by atoms with E-state index in [1.807, 2.05) is 4.90 Å². The number of nitrogens with one attached hydrogen (secondary N) is 2. The highest BCUT2D eigenvalue weighted by molar-refractivity contribution is 7.10. The van der Waals surface area contributed by atoms with Crippen LogP contribution in [0.2, 0.25) is 0 Å². The molecule has 0 saturated carbocycles. The van der Waals surface area contributed by atoms with Crippen LogP contribution in [0.4, 0.5) is 0 Å². The first-order valence-electron chi connectivity index (χ1n) is 8.46. The van der Waals surface area contributed by atoms with Crippen LogP contribution in [-0.4, -0.2) is 42.3 Å². The lowest BCUT2D eigenvalue weighted by atomic mass is 10.1. The molecule has 0 aliphatic carbocycles. The van der Waals surface area contributed by atoms with Crippen molar-refractivity contribution in [1.29, 1.82) is 0 Å². The maximum Gasteiger partial charge on any atom is 0.255 e. The molecule has 3 amide bonds. The van der Waals surface area contributed by atoms with Gasteiger partial charge in [-0.3, -0.25) is 14.4 Å². The van der Waals surface area contributed by atoms with Crippen LogP contribution < -0.4 is 10.6 Å². The maximum atomic E-state index is 12.3. The largest absolute Gasteiger partial charge is 0.469 e. The number of hydrogen-bond donors (Lipinski definition) is 2. The number of amides is 3. The summed E-state index contributed by atoms with van der Waals surface area (Å²) in [6.07, 6.45) is 2.57. The molecule has 0 unspecified atom stereocenters. The molecule has 2 N–H and O–H groups in total. The Morgan fingerprint density at radius 3 is 2.88 bits per heavy atom. The molecule has 0 radical (unpaired) electrons. The topological polar surface area (TPSA) is 91.6 Å². The average Bonchev–Trinajstić information content (AvgIpc) is 3.27. The average molecular weight is 375 g/mol. The van der Waals surface area contributed by atoms with Gasteiger partial charge < -0.3 is 20.0 Å². The minimum atomic E-state index is -0.359. The number of carbonyl (C=O) groups excluding carboxylic acids is 3. The molecule has 0 spiro atoms. The van der Waals surface area contributed by atoms with Gasteiger partial charge in [0.25, 0.3) is 5.91 Å². The van der Waals surface area contributed by atoms with Crippen molar-refractivity contribution in [2.24, 2.45) is 0 Å². The van der Waals surface area contributed by atoms with E-state index in [4.69, 9.17) is 4.42 Å². The summed E-state index contributed by atoms with van der Waals surface area (Å²) in [5.41, 5.74) is 1.63. The van der Waals surface area contributed by atoms with Crippen LogP contribution in [0.5, 0.6) is 0 Å². The van der Waals surface area contributed by atoms with Crippen LogP contribution in [0.25, 0.3) is 0 Å². The molecule has 2 aromatic heterocycles. The van der Waals surface area contributed by atoms with Gasteiger partial charge in [-0.05, 0) is 36.4 Å². The number of thiophene rings is 1. The highest BCUT2D eigenvalue weighted by atomic mass is 32.1. The summed E-state index contributed by atoms with van der Waals surface area (Å²) in [5, 5.41) is 7.24. The molecule has 26 heavy (non-hydrogen) atoms. The first-order chi connectivity index (χ1) is 12.5. The molecule has 3 heterocycles. The monoisotopic (exact) mass is 375 g/mol. The lowest BCUT2D eigenvalue weighted by Gasteiger charge is -2.27. The van der Waals surface area contributed by atoms with E-state index in [2.05, 4.69) is 22.1 Å². The van der Waals surface area contributed by atoms with Crippen molar-refractivity contribution in [2.45, 2.75) is 26.3 Å². The molecule has 0 fully saturated rings. The molecular weight excluding hydrogens is 354 g/mol. The highest BCUT2D eigenvalue weighted by Crippen LogP contribution is 2.24. The van der Waals surface area contributed by atoms with Gasteiger partial charge in [0.05, 0.1) is 18.4 Å². The zero-order valence-corrected chi connectivity index (χ0v) is 15.4. The molecule has 1 aliphatic heterocycles. The van der Waals surface area contributed by atoms with Gasteiger partial charge in [0.1, 0.15) is 5.76 Å². The third kappa shape index (κ3) is 4.32. The van der Waals surface area contributed by atoms with Gasteiger partial charge >= 0.3 is 0 Å². The summed E-state index contributed by atoms with van der Waals surface area (Å²) in [4.78, 5) is 39.1. The Hall–Kier alpha value is -2.61. The number of nitrogens with zero attached hydrogens (tertiary/aromatic N) is 1. The lowest BCUT2D eigenvalue weighted by molar-refractivity contribution is -0.132. The number of rotatable bonds is 6. The first kappa shape index (κ1) is 18.2. The Labute approximate surface area is 155 Å². The van der Waals surface area contributed by atoms with E-state index in [1.165, 1.54) is 16.7 Å². The van der Waals surface area contributed by atoms with E-state index in [0.29, 0.717) is 17.9 Å². The van der Waals surface area contributed by atoms with E-state index in [-0.39, 0.29) is 37.2 Å². The molecule has 0 bridgehead atoms. The van der Waals surface area contributed by atoms with Crippen LogP contribution in [-0.2, 0) is 22.6 Å². The number of hydrogen-bond acceptors (Lipinski definition) is 5. The number of aryl methyl sites for hydroxylation is 1. The quantitative estimate of drug-likeness (QED) is 0.800. The van der Waals surface area contributed by atoms with Gasteiger partial charge in [-0.1, -0.05) is 0 Å². The van der Waals surface area contributed by atoms with Gasteiger partial charge in [0.2, 0.25) is 11.8 Å². The third-order valence-electron chi connectivity index (χ3n) is 4.33. The molecule has 0 aromatic carbocycles. The smallest absolute Gasteiger partial charge is 0.255 e. The van der Waals surface area contributed by atoms with E-state index in [1.54, 1.807) is 24.3 Å². The van der Waals surface area contributed by atoms with E-state index in [0.717, 1.165) is 13.0 Å². The van der Waals surface area contributed by atoms with E-state index < -0.39 is 0 Å². The fraction of sp³-hybridized carbons (Fsp3) is 0.389. The first-order valence-corrected chi connectivity index (χ1v) is 9.34. The van der Waals surface area contributed by atoms with Crippen LogP contribution >= 0.6 is 11.3 Å². The molecular formula is C18H21N3O4S. The predicted molar refractivity (Wildman–Crippen MR) is 96.8 cm³/mol. The Balaban J connectivity index is 1.35. The summed E-state index contributed by atoms with van der Waals surface area (Å²) in [6.45, 7) is 3.16. The lowest BCUT2D eigenvalue weighted by Crippen LogP contribution is -2.40. The SMILES string of the molecule is Cc1occc1C(=O)NCC(=O)NCCC(=O)N1CCc2sccc2C1. The van der Waals surface area contributed by atoms with E-state index in [9.17, 15) is 14.4 Å². The van der Waals surface area contributed by atoms with Crippen molar-refractivity contribution < 1.29 is 18.8 Å². The van der Waals surface area contributed by atoms with Gasteiger partial charge in [-0.2, -0.15) is 0 Å². The summed E-state index contributed by atoms with van der Waals surface area (Å²) >= 11 is 1.73. The maximum absolute atomic E-state index is 12.3. The number of fused-ring (bicyclic) bond motifs is 1. The van der Waals surface area contributed by atoms with Crippen molar-refractivity contribution in [3.8, 4) is 0 Å². The van der Waals surface area contributed by atoms with Gasteiger partial charge in [0, 0.05) is 30.9 Å². The molecule has 0 saturated heterocycles. The van der Waals surface area contributed by atoms with Gasteiger partial charge in [-0.15, -0.1) is 11.3 Å². The fourth-order valence-corrected chi connectivity index (χ4v) is 3.76. The van der Waals surface area contributed by atoms with Crippen LogP contribution in [0.1, 0.15) is 33.0 Å². The second kappa shape index (κ2) is 8.18. The Morgan fingerprint density at radius 2 is 2.12 bits per heavy atom. The van der Waals surface area contributed by atoms with Crippen LogP contribution in [0, 0.1) is 6.92 Å². The zero-order chi connectivity index (χ0) is 18.5. The van der Waals surface area contributed by atoms with Crippen molar-refractivity contribution in [1.82, 2.24) is 15.5 Å². The third-order valence-corrected chi connectivity index (χ3v) is 5.36. The number of carbonyl (C=O) groups is 3. The molecule has 3 rings (SSSR count). The Morgan fingerprint density at radius 1 is 1.27 bits per heavy atom. The number of furan rings is 1. The van der Waals surface area contributed by atoms with Crippen molar-refractivity contribution in [3.05, 3.63) is 45.5 Å². The second-order valence-electron chi connectivity index (χ2n) is 6.11. The standard InChI is InChI=1S/C18H21N3O4S/c1-12-14(4-8-25-12)18(24)20-10-16(22)19-6-2-17(23)21-7-3-15-13(11-21)5-9-26-15/h4-5,8-9H,2-3,6-7,10-11H2,1H3,(H,19,22)(H,20,24). The second-order valence-corrected chi connectivity index (χ2v) is 7.11. The van der Waals surface area contributed by atoms with Crippen LogP contribution in [0.15, 0.2) is 28.2 Å². The molecule has 0 atom stereocenters. The summed E-state index contributed by atoms with van der Waals surface area (Å²) in [6, 6.07) is 3.62. The Kier molecular flexibility index (Phi) is 5.72. The fourth-order valence-electron chi connectivity index (χ4n) is 2.87. The normalized spacial score (nSPS) is 13.2. The molecule has 138 valence electrons. The summed E-state index contributed by atoms with van der Waals surface area (Å²) < 4.78 is 5.06. The minimum Gasteiger partial charge on any atom is -0.469 e. The molecule has 8 heteroatoms. The van der Waals surface area contributed by atoms with Gasteiger partial charge in [-0.25, -0.2) is 0 Å². The van der Waals surface area contributed by atoms with Crippen molar-refractivity contribution in [2.75, 3.05) is 19.6 Å². The molecule has 7 nitrogen and oxygen atoms in total. The Bertz CT molecular complexity index is 811. The highest BCUT2D eigenvalue weighted by Gasteiger charge is 2.21. The predicted octanol–water partition coefficient (Wildman–Crippen LogP) is 1.47. The van der Waals surface area contributed by atoms with Crippen molar-refractivity contribution in [3.63, 3.8) is 0 Å². The van der Waals surface area contributed by atoms with Crippen LogP contribution in [0.3, 0.4) is 0 Å². The molecule has 1 aliphatic rings.